The predicted molar refractivity (Wildman–Crippen MR) is 66.7 cm³/mol. The van der Waals surface area contributed by atoms with Crippen molar-refractivity contribution in [1.82, 2.24) is 10.2 Å². The quantitative estimate of drug-likeness (QED) is 0.816. The van der Waals surface area contributed by atoms with Gasteiger partial charge in [-0.05, 0) is 39.1 Å². The summed E-state index contributed by atoms with van der Waals surface area (Å²) in [6, 6.07) is 7.79. The van der Waals surface area contributed by atoms with Crippen LogP contribution in [0.1, 0.15) is 22.8 Å². The highest BCUT2D eigenvalue weighted by Crippen LogP contribution is 2.09. The van der Waals surface area contributed by atoms with Crippen LogP contribution >= 0.6 is 0 Å². The molecule has 0 fully saturated rings. The summed E-state index contributed by atoms with van der Waals surface area (Å²) in [6.45, 7) is 3.55. The fourth-order valence-electron chi connectivity index (χ4n) is 1.56. The second-order valence-corrected chi connectivity index (χ2v) is 4.07. The van der Waals surface area contributed by atoms with Crippen molar-refractivity contribution < 1.29 is 4.79 Å². The maximum atomic E-state index is 11.8. The van der Waals surface area contributed by atoms with Crippen LogP contribution in [-0.2, 0) is 6.42 Å². The molecule has 0 aliphatic heterocycles. The van der Waals surface area contributed by atoms with Crippen molar-refractivity contribution in [2.24, 2.45) is 0 Å². The van der Waals surface area contributed by atoms with Crippen LogP contribution in [0.5, 0.6) is 0 Å². The minimum Gasteiger partial charge on any atom is -0.352 e. The Hall–Kier alpha value is -1.35. The first-order valence-electron chi connectivity index (χ1n) is 5.66. The van der Waals surface area contributed by atoms with E-state index >= 15 is 0 Å². The lowest BCUT2D eigenvalue weighted by Crippen LogP contribution is -2.25. The second kappa shape index (κ2) is 6.28. The predicted octanol–water partition coefficient (Wildman–Crippen LogP) is 1.54. The van der Waals surface area contributed by atoms with Crippen LogP contribution in [0.3, 0.4) is 0 Å². The highest BCUT2D eigenvalue weighted by Gasteiger charge is 2.09. The molecule has 0 aliphatic carbocycles. The van der Waals surface area contributed by atoms with Crippen molar-refractivity contribution in [1.29, 1.82) is 0 Å². The van der Waals surface area contributed by atoms with Crippen LogP contribution in [-0.4, -0.2) is 38.0 Å². The molecule has 0 bridgehead atoms. The lowest BCUT2D eigenvalue weighted by Gasteiger charge is -2.12. The topological polar surface area (TPSA) is 32.3 Å². The van der Waals surface area contributed by atoms with Crippen molar-refractivity contribution in [3.8, 4) is 0 Å². The Bertz CT molecular complexity index is 348. The number of carbonyl (C=O) groups excluding carboxylic acids is 1. The smallest absolute Gasteiger partial charge is 0.251 e. The van der Waals surface area contributed by atoms with Crippen LogP contribution in [0.2, 0.25) is 0 Å². The summed E-state index contributed by atoms with van der Waals surface area (Å²) < 4.78 is 0. The number of amides is 1. The fraction of sp³-hybridized carbons (Fsp3) is 0.462. The Morgan fingerprint density at radius 2 is 2.00 bits per heavy atom. The molecule has 0 heterocycles. The lowest BCUT2D eigenvalue weighted by atomic mass is 10.0. The summed E-state index contributed by atoms with van der Waals surface area (Å²) in [5, 5.41) is 2.84. The molecule has 88 valence electrons. The van der Waals surface area contributed by atoms with Crippen molar-refractivity contribution in [3.63, 3.8) is 0 Å². The maximum Gasteiger partial charge on any atom is 0.251 e. The molecular formula is C13H20N2O. The Kier molecular flexibility index (Phi) is 4.99. The third-order valence-electron chi connectivity index (χ3n) is 2.43. The molecule has 1 aromatic rings. The Morgan fingerprint density at radius 1 is 1.31 bits per heavy atom. The van der Waals surface area contributed by atoms with Crippen LogP contribution < -0.4 is 5.32 Å². The molecule has 1 aromatic carbocycles. The molecule has 0 aromatic heterocycles. The molecule has 1 rings (SSSR count). The first kappa shape index (κ1) is 12.7. The number of carbonyl (C=O) groups is 1. The normalized spacial score (nSPS) is 10.5. The first-order valence-corrected chi connectivity index (χ1v) is 5.66. The molecule has 0 saturated heterocycles. The second-order valence-electron chi connectivity index (χ2n) is 4.07. The van der Waals surface area contributed by atoms with Gasteiger partial charge in [-0.1, -0.05) is 18.2 Å². The number of benzene rings is 1. The molecule has 16 heavy (non-hydrogen) atoms. The van der Waals surface area contributed by atoms with Crippen molar-refractivity contribution in [2.75, 3.05) is 27.2 Å². The summed E-state index contributed by atoms with van der Waals surface area (Å²) >= 11 is 0. The molecule has 0 radical (unpaired) electrons. The number of rotatable bonds is 5. The number of nitrogens with one attached hydrogen (secondary N) is 1. The van der Waals surface area contributed by atoms with Gasteiger partial charge in [0.15, 0.2) is 0 Å². The largest absolute Gasteiger partial charge is 0.352 e. The van der Waals surface area contributed by atoms with Gasteiger partial charge in [0.05, 0.1) is 0 Å². The molecule has 1 amide bonds. The number of hydrogen-bond donors (Lipinski definition) is 1. The van der Waals surface area contributed by atoms with E-state index in [0.29, 0.717) is 6.54 Å². The van der Waals surface area contributed by atoms with Crippen molar-refractivity contribution in [3.05, 3.63) is 35.4 Å². The average Bonchev–Trinajstić information content (AvgIpc) is 2.27. The molecule has 3 heteroatoms. The average molecular weight is 220 g/mol. The van der Waals surface area contributed by atoms with Gasteiger partial charge < -0.3 is 10.2 Å². The molecule has 0 spiro atoms. The van der Waals surface area contributed by atoms with E-state index in [2.05, 4.69) is 10.2 Å². The third-order valence-corrected chi connectivity index (χ3v) is 2.43. The maximum absolute atomic E-state index is 11.8. The molecule has 0 aliphatic rings. The molecule has 0 saturated carbocycles. The van der Waals surface area contributed by atoms with E-state index in [9.17, 15) is 4.79 Å². The first-order chi connectivity index (χ1) is 7.65. The van der Waals surface area contributed by atoms with Gasteiger partial charge >= 0.3 is 0 Å². The van der Waals surface area contributed by atoms with E-state index < -0.39 is 0 Å². The molecule has 3 nitrogen and oxygen atoms in total. The van der Waals surface area contributed by atoms with E-state index in [1.165, 1.54) is 0 Å². The van der Waals surface area contributed by atoms with E-state index in [1.807, 2.05) is 45.3 Å². The van der Waals surface area contributed by atoms with E-state index in [1.54, 1.807) is 0 Å². The molecule has 1 N–H and O–H groups in total. The zero-order valence-electron chi connectivity index (χ0n) is 10.3. The monoisotopic (exact) mass is 220 g/mol. The summed E-state index contributed by atoms with van der Waals surface area (Å²) in [6.07, 6.45) is 0.903. The van der Waals surface area contributed by atoms with Crippen LogP contribution in [0.4, 0.5) is 0 Å². The number of nitrogens with zero attached hydrogens (tertiary/aromatic N) is 1. The summed E-state index contributed by atoms with van der Waals surface area (Å²) in [5.41, 5.74) is 1.91. The van der Waals surface area contributed by atoms with Gasteiger partial charge in [-0.2, -0.15) is 0 Å². The van der Waals surface area contributed by atoms with Crippen molar-refractivity contribution in [2.45, 2.75) is 13.3 Å². The minimum absolute atomic E-state index is 0.0249. The Labute approximate surface area is 97.5 Å². The van der Waals surface area contributed by atoms with Gasteiger partial charge in [0, 0.05) is 18.7 Å². The molecule has 0 unspecified atom stereocenters. The summed E-state index contributed by atoms with van der Waals surface area (Å²) in [4.78, 5) is 13.9. The van der Waals surface area contributed by atoms with Gasteiger partial charge in [-0.3, -0.25) is 4.79 Å². The molecule has 0 atom stereocenters. The van der Waals surface area contributed by atoms with E-state index in [-0.39, 0.29) is 5.91 Å². The van der Waals surface area contributed by atoms with Crippen molar-refractivity contribution >= 4 is 5.91 Å². The van der Waals surface area contributed by atoms with Gasteiger partial charge in [0.25, 0.3) is 5.91 Å². The SMILES string of the molecule is CCNC(=O)c1ccccc1CCN(C)C. The fourth-order valence-corrected chi connectivity index (χ4v) is 1.56. The van der Waals surface area contributed by atoms with E-state index in [0.717, 1.165) is 24.1 Å². The zero-order chi connectivity index (χ0) is 12.0. The van der Waals surface area contributed by atoms with E-state index in [4.69, 9.17) is 0 Å². The van der Waals surface area contributed by atoms with Gasteiger partial charge in [0.1, 0.15) is 0 Å². The van der Waals surface area contributed by atoms with Gasteiger partial charge in [-0.15, -0.1) is 0 Å². The van der Waals surface area contributed by atoms with Gasteiger partial charge in [-0.25, -0.2) is 0 Å². The summed E-state index contributed by atoms with van der Waals surface area (Å²) in [5.74, 6) is 0.0249. The minimum atomic E-state index is 0.0249. The number of likely N-dealkylation sites (N-methyl/N-ethyl adjacent to an activating group) is 1. The standard InChI is InChI=1S/C13H20N2O/c1-4-14-13(16)12-8-6-5-7-11(12)9-10-15(2)3/h5-8H,4,9-10H2,1-3H3,(H,14,16). The zero-order valence-corrected chi connectivity index (χ0v) is 10.3. The lowest BCUT2D eigenvalue weighted by molar-refractivity contribution is 0.0955. The van der Waals surface area contributed by atoms with Gasteiger partial charge in [0.2, 0.25) is 0 Å². The molecular weight excluding hydrogens is 200 g/mol. The Morgan fingerprint density at radius 3 is 2.62 bits per heavy atom. The summed E-state index contributed by atoms with van der Waals surface area (Å²) in [7, 11) is 4.07. The third kappa shape index (κ3) is 3.66. The highest BCUT2D eigenvalue weighted by atomic mass is 16.1. The van der Waals surface area contributed by atoms with Crippen LogP contribution in [0.25, 0.3) is 0 Å². The Balaban J connectivity index is 2.78. The van der Waals surface area contributed by atoms with Crippen LogP contribution in [0.15, 0.2) is 24.3 Å². The highest BCUT2D eigenvalue weighted by molar-refractivity contribution is 5.95. The number of hydrogen-bond acceptors (Lipinski definition) is 2. The van der Waals surface area contributed by atoms with Crippen LogP contribution in [0, 0.1) is 0 Å².